The summed E-state index contributed by atoms with van der Waals surface area (Å²) < 4.78 is 2.39. The van der Waals surface area contributed by atoms with Crippen LogP contribution in [0.2, 0.25) is 0 Å². The highest BCUT2D eigenvalue weighted by atomic mass is 15.1. The van der Waals surface area contributed by atoms with E-state index in [4.69, 9.17) is 0 Å². The van der Waals surface area contributed by atoms with Crippen LogP contribution in [0.4, 0.5) is 17.1 Å². The summed E-state index contributed by atoms with van der Waals surface area (Å²) >= 11 is 0. The summed E-state index contributed by atoms with van der Waals surface area (Å²) in [6.07, 6.45) is 0. The van der Waals surface area contributed by atoms with Gasteiger partial charge in [0.15, 0.2) is 0 Å². The monoisotopic (exact) mass is 702 g/mol. The summed E-state index contributed by atoms with van der Waals surface area (Å²) in [5.41, 5.74) is 14.3. The molecule has 0 N–H and O–H groups in total. The van der Waals surface area contributed by atoms with Crippen LogP contribution in [-0.2, 0) is 5.41 Å². The van der Waals surface area contributed by atoms with E-state index in [9.17, 15) is 0 Å². The summed E-state index contributed by atoms with van der Waals surface area (Å²) in [6, 6.07) is 71.4. The normalized spacial score (nSPS) is 13.1. The third-order valence-corrected chi connectivity index (χ3v) is 11.9. The second-order valence-corrected chi connectivity index (χ2v) is 15.4. The lowest BCUT2D eigenvalue weighted by molar-refractivity contribution is 0.663. The van der Waals surface area contributed by atoms with Crippen LogP contribution in [0.3, 0.4) is 0 Å². The molecular formula is C53H38N2. The zero-order valence-electron chi connectivity index (χ0n) is 30.9. The highest BCUT2D eigenvalue weighted by molar-refractivity contribution is 6.16. The van der Waals surface area contributed by atoms with E-state index in [0.29, 0.717) is 0 Å². The molecule has 1 aliphatic carbocycles. The summed E-state index contributed by atoms with van der Waals surface area (Å²) in [5.74, 6) is 0. The van der Waals surface area contributed by atoms with E-state index in [1.165, 1.54) is 76.7 Å². The maximum absolute atomic E-state index is 2.47. The van der Waals surface area contributed by atoms with Crippen molar-refractivity contribution >= 4 is 60.4 Å². The second kappa shape index (κ2) is 12.1. The molecule has 0 amide bonds. The van der Waals surface area contributed by atoms with E-state index in [2.05, 4.69) is 217 Å². The number of hydrogen-bond acceptors (Lipinski definition) is 1. The van der Waals surface area contributed by atoms with E-state index in [-0.39, 0.29) is 5.41 Å². The van der Waals surface area contributed by atoms with Crippen molar-refractivity contribution in [1.82, 2.24) is 4.57 Å². The molecule has 55 heavy (non-hydrogen) atoms. The van der Waals surface area contributed by atoms with Crippen molar-refractivity contribution in [3.8, 4) is 27.9 Å². The van der Waals surface area contributed by atoms with Gasteiger partial charge in [-0.2, -0.15) is 0 Å². The van der Waals surface area contributed by atoms with E-state index in [0.717, 1.165) is 22.7 Å². The standard InChI is InChI=1S/C53H38N2/c1-53(2)47-21-13-18-37-24-25-38-31-44(34-48(53)52(38)51(37)47)54(43-32-39(35-14-5-3-6-15-35)30-40(33-43)36-16-7-4-8-17-36)41-26-28-42(29-27-41)55-49-22-11-9-19-45(49)46-20-10-12-23-50(46)55/h3-34H,1-2H3. The largest absolute Gasteiger partial charge is 0.310 e. The number of para-hydroxylation sites is 2. The number of nitrogens with zero attached hydrogens (tertiary/aromatic N) is 2. The van der Waals surface area contributed by atoms with Crippen LogP contribution in [-0.4, -0.2) is 4.57 Å². The Morgan fingerprint density at radius 2 is 0.927 bits per heavy atom. The molecule has 260 valence electrons. The smallest absolute Gasteiger partial charge is 0.0541 e. The number of fused-ring (bicyclic) bond motifs is 3. The number of anilines is 3. The molecule has 1 aromatic heterocycles. The van der Waals surface area contributed by atoms with Crippen LogP contribution >= 0.6 is 0 Å². The van der Waals surface area contributed by atoms with Gasteiger partial charge in [0.05, 0.1) is 11.0 Å². The average Bonchev–Trinajstić information content (AvgIpc) is 3.70. The van der Waals surface area contributed by atoms with Crippen LogP contribution in [0.1, 0.15) is 25.0 Å². The van der Waals surface area contributed by atoms with Crippen molar-refractivity contribution in [2.24, 2.45) is 0 Å². The van der Waals surface area contributed by atoms with Gasteiger partial charge in [-0.3, -0.25) is 0 Å². The van der Waals surface area contributed by atoms with Gasteiger partial charge in [0.2, 0.25) is 0 Å². The summed E-state index contributed by atoms with van der Waals surface area (Å²) in [6.45, 7) is 4.77. The van der Waals surface area contributed by atoms with Gasteiger partial charge in [0, 0.05) is 38.9 Å². The predicted octanol–water partition coefficient (Wildman–Crippen LogP) is 14.5. The van der Waals surface area contributed by atoms with Crippen LogP contribution in [0, 0.1) is 0 Å². The number of rotatable bonds is 6. The first-order valence-corrected chi connectivity index (χ1v) is 19.2. The Hall–Kier alpha value is -6.90. The predicted molar refractivity (Wildman–Crippen MR) is 233 cm³/mol. The fourth-order valence-electron chi connectivity index (χ4n) is 9.25. The van der Waals surface area contributed by atoms with Crippen molar-refractivity contribution in [2.75, 3.05) is 4.90 Å². The summed E-state index contributed by atoms with van der Waals surface area (Å²) in [4.78, 5) is 2.47. The number of hydrogen-bond donors (Lipinski definition) is 0. The first-order chi connectivity index (χ1) is 27.0. The van der Waals surface area contributed by atoms with E-state index in [1.54, 1.807) is 0 Å². The Labute approximate surface area is 321 Å². The molecule has 1 heterocycles. The fraction of sp³-hybridized carbons (Fsp3) is 0.0566. The van der Waals surface area contributed by atoms with Gasteiger partial charge in [-0.25, -0.2) is 0 Å². The van der Waals surface area contributed by atoms with Gasteiger partial charge in [-0.1, -0.05) is 141 Å². The van der Waals surface area contributed by atoms with Gasteiger partial charge in [-0.05, 0) is 122 Å². The van der Waals surface area contributed by atoms with Crippen molar-refractivity contribution in [1.29, 1.82) is 0 Å². The Morgan fingerprint density at radius 1 is 0.382 bits per heavy atom. The highest BCUT2D eigenvalue weighted by Crippen LogP contribution is 2.51. The molecule has 0 bridgehead atoms. The van der Waals surface area contributed by atoms with Crippen molar-refractivity contribution in [3.05, 3.63) is 205 Å². The maximum atomic E-state index is 2.47. The molecule has 9 aromatic carbocycles. The lowest BCUT2D eigenvalue weighted by Gasteiger charge is -2.29. The van der Waals surface area contributed by atoms with Gasteiger partial charge >= 0.3 is 0 Å². The molecule has 0 radical (unpaired) electrons. The van der Waals surface area contributed by atoms with Gasteiger partial charge in [0.25, 0.3) is 0 Å². The van der Waals surface area contributed by atoms with Gasteiger partial charge in [-0.15, -0.1) is 0 Å². The zero-order valence-corrected chi connectivity index (χ0v) is 30.9. The van der Waals surface area contributed by atoms with Crippen LogP contribution in [0.25, 0.3) is 71.3 Å². The minimum Gasteiger partial charge on any atom is -0.310 e. The minimum absolute atomic E-state index is 0.134. The molecule has 2 nitrogen and oxygen atoms in total. The maximum Gasteiger partial charge on any atom is 0.0541 e. The van der Waals surface area contributed by atoms with Crippen molar-refractivity contribution in [3.63, 3.8) is 0 Å². The lowest BCUT2D eigenvalue weighted by Crippen LogP contribution is -2.17. The molecule has 0 aliphatic heterocycles. The third kappa shape index (κ3) is 4.88. The number of aromatic nitrogens is 1. The molecule has 0 atom stereocenters. The molecule has 0 saturated carbocycles. The highest BCUT2D eigenvalue weighted by Gasteiger charge is 2.35. The van der Waals surface area contributed by atoms with Crippen LogP contribution in [0.15, 0.2) is 194 Å². The molecule has 10 aromatic rings. The van der Waals surface area contributed by atoms with Gasteiger partial charge in [0.1, 0.15) is 0 Å². The first-order valence-electron chi connectivity index (χ1n) is 19.2. The van der Waals surface area contributed by atoms with E-state index in [1.807, 2.05) is 0 Å². The molecule has 11 rings (SSSR count). The van der Waals surface area contributed by atoms with E-state index < -0.39 is 0 Å². The summed E-state index contributed by atoms with van der Waals surface area (Å²) in [5, 5.41) is 7.89. The fourth-order valence-corrected chi connectivity index (χ4v) is 9.25. The zero-order chi connectivity index (χ0) is 36.7. The lowest BCUT2D eigenvalue weighted by atomic mass is 9.81. The molecule has 0 unspecified atom stereocenters. The third-order valence-electron chi connectivity index (χ3n) is 11.9. The molecule has 1 aliphatic rings. The molecule has 0 spiro atoms. The minimum atomic E-state index is -0.134. The van der Waals surface area contributed by atoms with Crippen LogP contribution < -0.4 is 4.90 Å². The molecule has 0 fully saturated rings. The second-order valence-electron chi connectivity index (χ2n) is 15.4. The van der Waals surface area contributed by atoms with E-state index >= 15 is 0 Å². The SMILES string of the molecule is CC1(C)c2cccc3ccc4cc(N(c5ccc(-n6c7ccccc7c7ccccc76)cc5)c5cc(-c6ccccc6)cc(-c6ccccc6)c5)cc1c4c23. The number of benzene rings is 9. The Kier molecular flexibility index (Phi) is 6.93. The Morgan fingerprint density at radius 3 is 1.56 bits per heavy atom. The first kappa shape index (κ1) is 31.6. The van der Waals surface area contributed by atoms with Crippen molar-refractivity contribution in [2.45, 2.75) is 19.3 Å². The quantitative estimate of drug-likeness (QED) is 0.157. The topological polar surface area (TPSA) is 8.17 Å². The van der Waals surface area contributed by atoms with Crippen molar-refractivity contribution < 1.29 is 0 Å². The molecule has 0 saturated heterocycles. The van der Waals surface area contributed by atoms with Crippen LogP contribution in [0.5, 0.6) is 0 Å². The Balaban J connectivity index is 1.16. The molecular weight excluding hydrogens is 665 g/mol. The summed E-state index contributed by atoms with van der Waals surface area (Å²) in [7, 11) is 0. The molecule has 2 heteroatoms. The van der Waals surface area contributed by atoms with Gasteiger partial charge < -0.3 is 9.47 Å². The average molecular weight is 703 g/mol. The Bertz CT molecular complexity index is 2990.